The van der Waals surface area contributed by atoms with E-state index in [0.29, 0.717) is 12.1 Å². The third kappa shape index (κ3) is 4.98. The smallest absolute Gasteiger partial charge is 0.180 e. The summed E-state index contributed by atoms with van der Waals surface area (Å²) in [5, 5.41) is 0. The molecule has 1 rings (SSSR count). The van der Waals surface area contributed by atoms with Crippen LogP contribution in [0.25, 0.3) is 0 Å². The largest absolute Gasteiger partial charge is 0.492 e. The summed E-state index contributed by atoms with van der Waals surface area (Å²) in [5.74, 6) is 0.814. The van der Waals surface area contributed by atoms with E-state index >= 15 is 0 Å². The summed E-state index contributed by atoms with van der Waals surface area (Å²) < 4.78 is 5.55. The van der Waals surface area contributed by atoms with E-state index in [1.807, 2.05) is 13.0 Å². The molecule has 0 N–H and O–H groups in total. The van der Waals surface area contributed by atoms with Gasteiger partial charge in [-0.2, -0.15) is 0 Å². The number of pyridine rings is 1. The van der Waals surface area contributed by atoms with Crippen LogP contribution in [0.1, 0.15) is 56.4 Å². The molecule has 0 saturated carbocycles. The van der Waals surface area contributed by atoms with Gasteiger partial charge in [0.15, 0.2) is 5.78 Å². The number of ketones is 1. The van der Waals surface area contributed by atoms with Gasteiger partial charge in [-0.3, -0.25) is 4.79 Å². The highest BCUT2D eigenvalue weighted by Gasteiger charge is 2.04. The quantitative estimate of drug-likeness (QED) is 0.510. The minimum atomic E-state index is 0.0690. The van der Waals surface area contributed by atoms with E-state index in [0.717, 1.165) is 18.8 Å². The van der Waals surface area contributed by atoms with Crippen LogP contribution >= 0.6 is 0 Å². The van der Waals surface area contributed by atoms with Crippen LogP contribution in [0, 0.1) is 0 Å². The molecule has 0 unspecified atom stereocenters. The van der Waals surface area contributed by atoms with Crippen molar-refractivity contribution in [1.29, 1.82) is 0 Å². The van der Waals surface area contributed by atoms with Crippen molar-refractivity contribution in [3.8, 4) is 5.75 Å². The first-order valence-electron chi connectivity index (χ1n) is 6.40. The Bertz CT molecular complexity index is 333. The molecule has 0 radical (unpaired) electrons. The lowest BCUT2D eigenvalue weighted by Crippen LogP contribution is -2.02. The van der Waals surface area contributed by atoms with Gasteiger partial charge >= 0.3 is 0 Å². The van der Waals surface area contributed by atoms with Gasteiger partial charge in [-0.25, -0.2) is 4.98 Å². The molecule has 0 amide bonds. The summed E-state index contributed by atoms with van der Waals surface area (Å²) in [6.45, 7) is 4.75. The van der Waals surface area contributed by atoms with Crippen molar-refractivity contribution in [1.82, 2.24) is 4.98 Å². The number of ether oxygens (including phenoxy) is 1. The summed E-state index contributed by atoms with van der Waals surface area (Å²) in [5.41, 5.74) is 0.519. The Morgan fingerprint density at radius 1 is 1.24 bits per heavy atom. The second-order valence-electron chi connectivity index (χ2n) is 4.06. The van der Waals surface area contributed by atoms with Gasteiger partial charge in [0, 0.05) is 6.42 Å². The SMILES string of the molecule is CCCCCCOc1ccc(C(=O)CC)nc1. The van der Waals surface area contributed by atoms with Crippen LogP contribution in [0.15, 0.2) is 18.3 Å². The van der Waals surface area contributed by atoms with E-state index in [2.05, 4.69) is 11.9 Å². The third-order valence-corrected chi connectivity index (χ3v) is 2.61. The molecule has 0 spiro atoms. The second-order valence-corrected chi connectivity index (χ2v) is 4.06. The number of hydrogen-bond donors (Lipinski definition) is 0. The molecule has 0 aliphatic carbocycles. The molecule has 1 heterocycles. The molecular formula is C14H21NO2. The molecule has 17 heavy (non-hydrogen) atoms. The van der Waals surface area contributed by atoms with Crippen molar-refractivity contribution >= 4 is 5.78 Å². The average Bonchev–Trinajstić information content (AvgIpc) is 2.38. The van der Waals surface area contributed by atoms with Gasteiger partial charge in [-0.1, -0.05) is 33.1 Å². The molecule has 1 aromatic heterocycles. The lowest BCUT2D eigenvalue weighted by molar-refractivity contribution is 0.0983. The lowest BCUT2D eigenvalue weighted by atomic mass is 10.2. The van der Waals surface area contributed by atoms with Crippen LogP contribution in [0.2, 0.25) is 0 Å². The summed E-state index contributed by atoms with van der Waals surface area (Å²) in [7, 11) is 0. The fourth-order valence-electron chi connectivity index (χ4n) is 1.53. The maximum absolute atomic E-state index is 11.4. The standard InChI is InChI=1S/C14H21NO2/c1-3-5-6-7-10-17-12-8-9-13(15-11-12)14(16)4-2/h8-9,11H,3-7,10H2,1-2H3. The van der Waals surface area contributed by atoms with Crippen LogP contribution in [0.5, 0.6) is 5.75 Å². The van der Waals surface area contributed by atoms with Crippen molar-refractivity contribution in [2.45, 2.75) is 46.0 Å². The zero-order valence-electron chi connectivity index (χ0n) is 10.7. The normalized spacial score (nSPS) is 10.2. The van der Waals surface area contributed by atoms with E-state index in [1.165, 1.54) is 19.3 Å². The number of rotatable bonds is 8. The monoisotopic (exact) mass is 235 g/mol. The molecule has 94 valence electrons. The van der Waals surface area contributed by atoms with Crippen LogP contribution in [-0.4, -0.2) is 17.4 Å². The van der Waals surface area contributed by atoms with Crippen molar-refractivity contribution in [3.63, 3.8) is 0 Å². The molecule has 0 atom stereocenters. The van der Waals surface area contributed by atoms with Crippen molar-refractivity contribution < 1.29 is 9.53 Å². The average molecular weight is 235 g/mol. The molecule has 0 aliphatic heterocycles. The van der Waals surface area contributed by atoms with Crippen LogP contribution < -0.4 is 4.74 Å². The predicted molar refractivity (Wildman–Crippen MR) is 68.5 cm³/mol. The first-order chi connectivity index (χ1) is 8.27. The topological polar surface area (TPSA) is 39.2 Å². The number of nitrogens with zero attached hydrogens (tertiary/aromatic N) is 1. The summed E-state index contributed by atoms with van der Waals surface area (Å²) in [6, 6.07) is 3.54. The molecule has 3 heteroatoms. The number of aromatic nitrogens is 1. The molecule has 0 aromatic carbocycles. The Labute approximate surface area is 103 Å². The van der Waals surface area contributed by atoms with Gasteiger partial charge in [-0.15, -0.1) is 0 Å². The highest BCUT2D eigenvalue weighted by molar-refractivity contribution is 5.93. The fourth-order valence-corrected chi connectivity index (χ4v) is 1.53. The van der Waals surface area contributed by atoms with Gasteiger partial charge < -0.3 is 4.74 Å². The Morgan fingerprint density at radius 2 is 2.06 bits per heavy atom. The van der Waals surface area contributed by atoms with E-state index in [-0.39, 0.29) is 5.78 Å². The number of unbranched alkanes of at least 4 members (excludes halogenated alkanes) is 3. The van der Waals surface area contributed by atoms with E-state index in [4.69, 9.17) is 4.74 Å². The molecule has 0 fully saturated rings. The Kier molecular flexibility index (Phi) is 6.30. The van der Waals surface area contributed by atoms with Gasteiger partial charge in [0.25, 0.3) is 0 Å². The molecule has 1 aromatic rings. The number of carbonyl (C=O) groups excluding carboxylic acids is 1. The lowest BCUT2D eigenvalue weighted by Gasteiger charge is -2.05. The maximum atomic E-state index is 11.4. The van der Waals surface area contributed by atoms with Gasteiger partial charge in [-0.05, 0) is 18.6 Å². The van der Waals surface area contributed by atoms with Crippen molar-refractivity contribution in [3.05, 3.63) is 24.0 Å². The highest BCUT2D eigenvalue weighted by Crippen LogP contribution is 2.11. The van der Waals surface area contributed by atoms with E-state index < -0.39 is 0 Å². The molecule has 0 aliphatic rings. The van der Waals surface area contributed by atoms with Crippen LogP contribution in [0.3, 0.4) is 0 Å². The maximum Gasteiger partial charge on any atom is 0.180 e. The fraction of sp³-hybridized carbons (Fsp3) is 0.571. The Balaban J connectivity index is 2.33. The summed E-state index contributed by atoms with van der Waals surface area (Å²) >= 11 is 0. The van der Waals surface area contributed by atoms with Crippen LogP contribution in [0.4, 0.5) is 0 Å². The minimum Gasteiger partial charge on any atom is -0.492 e. The van der Waals surface area contributed by atoms with Gasteiger partial charge in [0.1, 0.15) is 11.4 Å². The van der Waals surface area contributed by atoms with Crippen molar-refractivity contribution in [2.75, 3.05) is 6.61 Å². The number of Topliss-reactive ketones (excluding diaryl/α,β-unsaturated/α-hetero) is 1. The zero-order valence-corrected chi connectivity index (χ0v) is 10.7. The minimum absolute atomic E-state index is 0.0690. The second kappa shape index (κ2) is 7.82. The van der Waals surface area contributed by atoms with Crippen molar-refractivity contribution in [2.24, 2.45) is 0 Å². The molecule has 3 nitrogen and oxygen atoms in total. The Morgan fingerprint density at radius 3 is 2.65 bits per heavy atom. The molecule has 0 saturated heterocycles. The van der Waals surface area contributed by atoms with Crippen LogP contribution in [-0.2, 0) is 0 Å². The predicted octanol–water partition coefficient (Wildman–Crippen LogP) is 3.63. The summed E-state index contributed by atoms with van der Waals surface area (Å²) in [6.07, 6.45) is 6.88. The third-order valence-electron chi connectivity index (χ3n) is 2.61. The number of hydrogen-bond acceptors (Lipinski definition) is 3. The first kappa shape index (κ1) is 13.7. The van der Waals surface area contributed by atoms with E-state index in [1.54, 1.807) is 12.3 Å². The molecular weight excluding hydrogens is 214 g/mol. The van der Waals surface area contributed by atoms with E-state index in [9.17, 15) is 4.79 Å². The highest BCUT2D eigenvalue weighted by atomic mass is 16.5. The first-order valence-corrected chi connectivity index (χ1v) is 6.40. The summed E-state index contributed by atoms with van der Waals surface area (Å²) in [4.78, 5) is 15.4. The van der Waals surface area contributed by atoms with Gasteiger partial charge in [0.05, 0.1) is 12.8 Å². The number of carbonyl (C=O) groups is 1. The van der Waals surface area contributed by atoms with Gasteiger partial charge in [0.2, 0.25) is 0 Å². The Hall–Kier alpha value is -1.38. The molecule has 0 bridgehead atoms. The zero-order chi connectivity index (χ0) is 12.5.